The quantitative estimate of drug-likeness (QED) is 0.770. The Kier molecular flexibility index (Phi) is 3.92. The van der Waals surface area contributed by atoms with Gasteiger partial charge in [-0.05, 0) is 91.8 Å². The van der Waals surface area contributed by atoms with E-state index in [2.05, 4.69) is 11.4 Å². The van der Waals surface area contributed by atoms with Crippen LogP contribution in [-0.2, 0) is 11.2 Å². The molecule has 5 heteroatoms. The first-order valence-corrected chi connectivity index (χ1v) is 11.8. The molecule has 4 saturated carbocycles. The Bertz CT molecular complexity index is 945. The molecule has 1 aromatic carbocycles. The zero-order chi connectivity index (χ0) is 19.6. The number of hydrogen-bond donors (Lipinski definition) is 1. The molecule has 29 heavy (non-hydrogen) atoms. The molecule has 150 valence electrons. The number of nitrogens with zero attached hydrogens (tertiary/aromatic N) is 1. The number of fused-ring (bicyclic) bond motifs is 1. The first kappa shape index (κ1) is 17.7. The summed E-state index contributed by atoms with van der Waals surface area (Å²) in [5.41, 5.74) is 2.81. The molecule has 0 atom stereocenters. The van der Waals surface area contributed by atoms with Gasteiger partial charge < -0.3 is 10.2 Å². The van der Waals surface area contributed by atoms with Crippen molar-refractivity contribution in [3.8, 4) is 0 Å². The van der Waals surface area contributed by atoms with Gasteiger partial charge in [0.2, 0.25) is 5.91 Å². The summed E-state index contributed by atoms with van der Waals surface area (Å²) >= 11 is 1.48. The van der Waals surface area contributed by atoms with Gasteiger partial charge in [0, 0.05) is 17.9 Å². The largest absolute Gasteiger partial charge is 0.326 e. The molecule has 7 rings (SSSR count). The second kappa shape index (κ2) is 6.43. The molecule has 4 nitrogen and oxygen atoms in total. The smallest absolute Gasteiger partial charge is 0.268 e. The van der Waals surface area contributed by atoms with Crippen molar-refractivity contribution >= 4 is 34.5 Å². The highest BCUT2D eigenvalue weighted by molar-refractivity contribution is 7.12. The van der Waals surface area contributed by atoms with E-state index in [1.807, 2.05) is 34.5 Å². The van der Waals surface area contributed by atoms with Crippen molar-refractivity contribution in [3.63, 3.8) is 0 Å². The van der Waals surface area contributed by atoms with E-state index < -0.39 is 0 Å². The second-order valence-electron chi connectivity index (χ2n) is 9.68. The number of amides is 2. The van der Waals surface area contributed by atoms with Crippen LogP contribution in [-0.4, -0.2) is 18.4 Å². The Morgan fingerprint density at radius 1 is 1.03 bits per heavy atom. The van der Waals surface area contributed by atoms with E-state index in [0.717, 1.165) is 59.7 Å². The van der Waals surface area contributed by atoms with Gasteiger partial charge in [0.25, 0.3) is 5.91 Å². The fourth-order valence-corrected chi connectivity index (χ4v) is 7.53. The molecule has 4 aliphatic carbocycles. The van der Waals surface area contributed by atoms with E-state index in [1.54, 1.807) is 0 Å². The maximum Gasteiger partial charge on any atom is 0.268 e. The number of nitrogens with one attached hydrogen (secondary N) is 1. The standard InChI is InChI=1S/C24H26N2O2S/c27-22(21-2-1-7-29-21)26-6-5-18-3-4-19(11-20(18)26)25-23(28)24-12-15-8-16(13-24)10-17(9-15)14-24/h1-4,7,11,15-17H,5-6,8-10,12-14H2,(H,25,28). The third-order valence-electron chi connectivity index (χ3n) is 7.74. The molecule has 4 fully saturated rings. The van der Waals surface area contributed by atoms with Crippen LogP contribution in [0.3, 0.4) is 0 Å². The lowest BCUT2D eigenvalue weighted by molar-refractivity contribution is -0.140. The number of carbonyl (C=O) groups is 2. The van der Waals surface area contributed by atoms with Crippen molar-refractivity contribution in [3.05, 3.63) is 46.2 Å². The highest BCUT2D eigenvalue weighted by atomic mass is 32.1. The van der Waals surface area contributed by atoms with Crippen molar-refractivity contribution in [2.45, 2.75) is 44.9 Å². The average Bonchev–Trinajstić information content (AvgIpc) is 3.36. The minimum Gasteiger partial charge on any atom is -0.326 e. The third kappa shape index (κ3) is 2.85. The zero-order valence-corrected chi connectivity index (χ0v) is 17.3. The Balaban J connectivity index is 1.24. The van der Waals surface area contributed by atoms with Gasteiger partial charge in [0.1, 0.15) is 0 Å². The predicted octanol–water partition coefficient (Wildman–Crippen LogP) is 5.11. The highest BCUT2D eigenvalue weighted by Gasteiger charge is 2.54. The summed E-state index contributed by atoms with van der Waals surface area (Å²) in [5.74, 6) is 2.54. The van der Waals surface area contributed by atoms with E-state index in [1.165, 1.54) is 36.2 Å². The molecule has 4 bridgehead atoms. The van der Waals surface area contributed by atoms with Crippen molar-refractivity contribution in [1.82, 2.24) is 0 Å². The van der Waals surface area contributed by atoms with Crippen LogP contribution in [0.5, 0.6) is 0 Å². The van der Waals surface area contributed by atoms with Gasteiger partial charge >= 0.3 is 0 Å². The average molecular weight is 407 g/mol. The monoisotopic (exact) mass is 406 g/mol. The van der Waals surface area contributed by atoms with Gasteiger partial charge in [-0.3, -0.25) is 9.59 Å². The predicted molar refractivity (Wildman–Crippen MR) is 115 cm³/mol. The second-order valence-corrected chi connectivity index (χ2v) is 10.6. The van der Waals surface area contributed by atoms with Gasteiger partial charge in [-0.2, -0.15) is 0 Å². The summed E-state index contributed by atoms with van der Waals surface area (Å²) < 4.78 is 0. The fraction of sp³-hybridized carbons (Fsp3) is 0.500. The normalized spacial score (nSPS) is 31.7. The topological polar surface area (TPSA) is 49.4 Å². The molecule has 1 aliphatic heterocycles. The molecule has 2 aromatic rings. The fourth-order valence-electron chi connectivity index (χ4n) is 6.85. The van der Waals surface area contributed by atoms with Crippen LogP contribution in [0, 0.1) is 23.2 Å². The highest BCUT2D eigenvalue weighted by Crippen LogP contribution is 2.60. The molecule has 0 radical (unpaired) electrons. The Labute approximate surface area is 175 Å². The first-order valence-electron chi connectivity index (χ1n) is 10.9. The number of thiophene rings is 1. The van der Waals surface area contributed by atoms with Crippen LogP contribution in [0.25, 0.3) is 0 Å². The lowest BCUT2D eigenvalue weighted by atomic mass is 9.49. The zero-order valence-electron chi connectivity index (χ0n) is 16.5. The SMILES string of the molecule is O=C(c1cccs1)N1CCc2ccc(NC(=O)C34CC5CC(CC(C5)C3)C4)cc21. The van der Waals surface area contributed by atoms with Gasteiger partial charge in [-0.1, -0.05) is 12.1 Å². The van der Waals surface area contributed by atoms with E-state index in [-0.39, 0.29) is 17.2 Å². The molecule has 2 amide bonds. The van der Waals surface area contributed by atoms with Crippen LogP contribution in [0.15, 0.2) is 35.7 Å². The number of carbonyl (C=O) groups excluding carboxylic acids is 2. The molecular weight excluding hydrogens is 380 g/mol. The van der Waals surface area contributed by atoms with Crippen molar-refractivity contribution < 1.29 is 9.59 Å². The van der Waals surface area contributed by atoms with E-state index in [0.29, 0.717) is 6.54 Å². The minimum absolute atomic E-state index is 0.0586. The molecule has 1 aromatic heterocycles. The van der Waals surface area contributed by atoms with Gasteiger partial charge in [0.15, 0.2) is 0 Å². The van der Waals surface area contributed by atoms with E-state index in [9.17, 15) is 9.59 Å². The van der Waals surface area contributed by atoms with Gasteiger partial charge in [0.05, 0.1) is 10.3 Å². The van der Waals surface area contributed by atoms with Crippen molar-refractivity contribution in [2.24, 2.45) is 23.2 Å². The molecule has 2 heterocycles. The number of anilines is 2. The van der Waals surface area contributed by atoms with Crippen molar-refractivity contribution in [1.29, 1.82) is 0 Å². The van der Waals surface area contributed by atoms with Crippen LogP contribution in [0.4, 0.5) is 11.4 Å². The lowest BCUT2D eigenvalue weighted by Crippen LogP contribution is -2.51. The summed E-state index contributed by atoms with van der Waals surface area (Å²) in [5, 5.41) is 5.19. The summed E-state index contributed by atoms with van der Waals surface area (Å²) in [6, 6.07) is 9.88. The molecule has 0 spiro atoms. The Hall–Kier alpha value is -2.14. The number of benzene rings is 1. The molecule has 0 saturated heterocycles. The molecule has 5 aliphatic rings. The molecular formula is C24H26N2O2S. The number of rotatable bonds is 3. The molecule has 0 unspecified atom stereocenters. The summed E-state index contributed by atoms with van der Waals surface area (Å²) in [4.78, 5) is 28.9. The number of hydrogen-bond acceptors (Lipinski definition) is 3. The lowest BCUT2D eigenvalue weighted by Gasteiger charge is -2.55. The third-order valence-corrected chi connectivity index (χ3v) is 8.59. The van der Waals surface area contributed by atoms with Gasteiger partial charge in [-0.25, -0.2) is 0 Å². The Morgan fingerprint density at radius 2 is 1.76 bits per heavy atom. The van der Waals surface area contributed by atoms with E-state index >= 15 is 0 Å². The van der Waals surface area contributed by atoms with Crippen LogP contribution in [0.2, 0.25) is 0 Å². The maximum atomic E-state index is 13.4. The summed E-state index contributed by atoms with van der Waals surface area (Å²) in [6.07, 6.45) is 8.09. The maximum absolute atomic E-state index is 13.4. The Morgan fingerprint density at radius 3 is 2.41 bits per heavy atom. The summed E-state index contributed by atoms with van der Waals surface area (Å²) in [7, 11) is 0. The summed E-state index contributed by atoms with van der Waals surface area (Å²) in [6.45, 7) is 0.707. The minimum atomic E-state index is -0.153. The molecule has 1 N–H and O–H groups in total. The van der Waals surface area contributed by atoms with Crippen LogP contribution in [0.1, 0.15) is 53.8 Å². The van der Waals surface area contributed by atoms with Crippen molar-refractivity contribution in [2.75, 3.05) is 16.8 Å². The van der Waals surface area contributed by atoms with E-state index in [4.69, 9.17) is 0 Å². The van der Waals surface area contributed by atoms with Gasteiger partial charge in [-0.15, -0.1) is 11.3 Å². The van der Waals surface area contributed by atoms with Crippen LogP contribution >= 0.6 is 11.3 Å². The first-order chi connectivity index (χ1) is 14.1. The van der Waals surface area contributed by atoms with Crippen LogP contribution < -0.4 is 10.2 Å².